The predicted octanol–water partition coefficient (Wildman–Crippen LogP) is 2.58. The highest BCUT2D eigenvalue weighted by Gasteiger charge is 2.15. The SMILES string of the molecule is CC(C)Oc1cccc(CNCC(C)(C)CO)c1. The molecule has 0 radical (unpaired) electrons. The van der Waals surface area contributed by atoms with Gasteiger partial charge in [0.1, 0.15) is 5.75 Å². The molecule has 3 nitrogen and oxygen atoms in total. The zero-order chi connectivity index (χ0) is 13.6. The van der Waals surface area contributed by atoms with Gasteiger partial charge in [0.2, 0.25) is 0 Å². The van der Waals surface area contributed by atoms with Crippen LogP contribution in [0.15, 0.2) is 24.3 Å². The van der Waals surface area contributed by atoms with Gasteiger partial charge < -0.3 is 15.2 Å². The lowest BCUT2D eigenvalue weighted by atomic mass is 9.95. The number of hydrogen-bond acceptors (Lipinski definition) is 3. The molecule has 102 valence electrons. The Labute approximate surface area is 110 Å². The fourth-order valence-electron chi connectivity index (χ4n) is 1.60. The van der Waals surface area contributed by atoms with Gasteiger partial charge in [0.25, 0.3) is 0 Å². The Morgan fingerprint density at radius 1 is 1.33 bits per heavy atom. The van der Waals surface area contributed by atoms with Crippen molar-refractivity contribution >= 4 is 0 Å². The summed E-state index contributed by atoms with van der Waals surface area (Å²) in [4.78, 5) is 0. The van der Waals surface area contributed by atoms with Gasteiger partial charge in [-0.15, -0.1) is 0 Å². The molecule has 0 amide bonds. The van der Waals surface area contributed by atoms with Gasteiger partial charge in [0.15, 0.2) is 0 Å². The quantitative estimate of drug-likeness (QED) is 0.782. The van der Waals surface area contributed by atoms with Crippen molar-refractivity contribution in [3.05, 3.63) is 29.8 Å². The third kappa shape index (κ3) is 5.52. The zero-order valence-corrected chi connectivity index (χ0v) is 11.9. The molecule has 0 bridgehead atoms. The van der Waals surface area contributed by atoms with Crippen molar-refractivity contribution in [2.24, 2.45) is 5.41 Å². The number of hydrogen-bond donors (Lipinski definition) is 2. The molecule has 1 aromatic carbocycles. The highest BCUT2D eigenvalue weighted by atomic mass is 16.5. The van der Waals surface area contributed by atoms with Gasteiger partial charge in [-0.05, 0) is 31.5 Å². The first kappa shape index (κ1) is 15.0. The van der Waals surface area contributed by atoms with E-state index in [9.17, 15) is 5.11 Å². The van der Waals surface area contributed by atoms with Gasteiger partial charge in [-0.25, -0.2) is 0 Å². The number of aliphatic hydroxyl groups is 1. The lowest BCUT2D eigenvalue weighted by Crippen LogP contribution is -2.31. The van der Waals surface area contributed by atoms with Crippen LogP contribution in [-0.2, 0) is 6.54 Å². The zero-order valence-electron chi connectivity index (χ0n) is 11.9. The van der Waals surface area contributed by atoms with Gasteiger partial charge in [0, 0.05) is 25.1 Å². The summed E-state index contributed by atoms with van der Waals surface area (Å²) in [7, 11) is 0. The molecule has 0 spiro atoms. The minimum atomic E-state index is -0.0773. The first-order valence-electron chi connectivity index (χ1n) is 6.50. The molecule has 0 aromatic heterocycles. The largest absolute Gasteiger partial charge is 0.491 e. The van der Waals surface area contributed by atoms with Crippen LogP contribution >= 0.6 is 0 Å². The summed E-state index contributed by atoms with van der Waals surface area (Å²) >= 11 is 0. The van der Waals surface area contributed by atoms with Crippen molar-refractivity contribution in [2.75, 3.05) is 13.2 Å². The summed E-state index contributed by atoms with van der Waals surface area (Å²) in [6.07, 6.45) is 0.196. The summed E-state index contributed by atoms with van der Waals surface area (Å²) in [5.41, 5.74) is 1.12. The van der Waals surface area contributed by atoms with Crippen LogP contribution in [0, 0.1) is 5.41 Å². The Hall–Kier alpha value is -1.06. The second-order valence-electron chi connectivity index (χ2n) is 5.74. The molecule has 0 saturated heterocycles. The lowest BCUT2D eigenvalue weighted by molar-refractivity contribution is 0.156. The van der Waals surface area contributed by atoms with E-state index in [0.717, 1.165) is 18.8 Å². The molecule has 0 heterocycles. The van der Waals surface area contributed by atoms with Crippen molar-refractivity contribution in [1.82, 2.24) is 5.32 Å². The molecular formula is C15H25NO2. The third-order valence-electron chi connectivity index (χ3n) is 2.63. The topological polar surface area (TPSA) is 41.5 Å². The van der Waals surface area contributed by atoms with Crippen molar-refractivity contribution in [1.29, 1.82) is 0 Å². The second kappa shape index (κ2) is 6.76. The Kier molecular flexibility index (Phi) is 5.63. The van der Waals surface area contributed by atoms with Gasteiger partial charge in [-0.1, -0.05) is 26.0 Å². The van der Waals surface area contributed by atoms with E-state index in [4.69, 9.17) is 4.74 Å². The molecule has 1 aromatic rings. The van der Waals surface area contributed by atoms with Crippen LogP contribution < -0.4 is 10.1 Å². The molecule has 0 aliphatic rings. The summed E-state index contributed by atoms with van der Waals surface area (Å²) < 4.78 is 5.66. The van der Waals surface area contributed by atoms with Crippen molar-refractivity contribution < 1.29 is 9.84 Å². The fraction of sp³-hybridized carbons (Fsp3) is 0.600. The minimum Gasteiger partial charge on any atom is -0.491 e. The van der Waals surface area contributed by atoms with Crippen LogP contribution in [0.4, 0.5) is 0 Å². The van der Waals surface area contributed by atoms with Crippen molar-refractivity contribution in [3.8, 4) is 5.75 Å². The maximum Gasteiger partial charge on any atom is 0.120 e. The monoisotopic (exact) mass is 251 g/mol. The van der Waals surface area contributed by atoms with E-state index < -0.39 is 0 Å². The maximum absolute atomic E-state index is 9.17. The number of ether oxygens (including phenoxy) is 1. The molecule has 3 heteroatoms. The average Bonchev–Trinajstić information content (AvgIpc) is 2.28. The van der Waals surface area contributed by atoms with Crippen LogP contribution in [0.1, 0.15) is 33.3 Å². The van der Waals surface area contributed by atoms with Gasteiger partial charge in [0.05, 0.1) is 6.10 Å². The van der Waals surface area contributed by atoms with Gasteiger partial charge >= 0.3 is 0 Å². The minimum absolute atomic E-state index is 0.0773. The fourth-order valence-corrected chi connectivity index (χ4v) is 1.60. The van der Waals surface area contributed by atoms with Gasteiger partial charge in [-0.3, -0.25) is 0 Å². The maximum atomic E-state index is 9.17. The first-order chi connectivity index (χ1) is 8.43. The van der Waals surface area contributed by atoms with Crippen LogP contribution in [-0.4, -0.2) is 24.4 Å². The third-order valence-corrected chi connectivity index (χ3v) is 2.63. The van der Waals surface area contributed by atoms with E-state index in [1.54, 1.807) is 0 Å². The molecule has 1 rings (SSSR count). The number of nitrogens with one attached hydrogen (secondary N) is 1. The van der Waals surface area contributed by atoms with E-state index in [0.29, 0.717) is 0 Å². The molecule has 0 saturated carbocycles. The predicted molar refractivity (Wildman–Crippen MR) is 74.8 cm³/mol. The Bertz CT molecular complexity index is 361. The van der Waals surface area contributed by atoms with E-state index in [1.807, 2.05) is 39.8 Å². The molecule has 18 heavy (non-hydrogen) atoms. The standard InChI is InChI=1S/C15H25NO2/c1-12(2)18-14-7-5-6-13(8-14)9-16-10-15(3,4)11-17/h5-8,12,16-17H,9-11H2,1-4H3. The Morgan fingerprint density at radius 3 is 2.67 bits per heavy atom. The second-order valence-corrected chi connectivity index (χ2v) is 5.74. The summed E-state index contributed by atoms with van der Waals surface area (Å²) in [6.45, 7) is 9.90. The van der Waals surface area contributed by atoms with E-state index >= 15 is 0 Å². The molecule has 0 fully saturated rings. The normalized spacial score (nSPS) is 11.9. The van der Waals surface area contributed by atoms with Crippen molar-refractivity contribution in [3.63, 3.8) is 0 Å². The average molecular weight is 251 g/mol. The van der Waals surface area contributed by atoms with E-state index in [1.165, 1.54) is 5.56 Å². The van der Waals surface area contributed by atoms with Crippen LogP contribution in [0.2, 0.25) is 0 Å². The summed E-state index contributed by atoms with van der Waals surface area (Å²) in [5.74, 6) is 0.908. The lowest BCUT2D eigenvalue weighted by Gasteiger charge is -2.22. The number of rotatable bonds is 7. The smallest absolute Gasteiger partial charge is 0.120 e. The Balaban J connectivity index is 2.47. The highest BCUT2D eigenvalue weighted by Crippen LogP contribution is 2.16. The molecule has 0 aliphatic heterocycles. The van der Waals surface area contributed by atoms with Crippen LogP contribution in [0.3, 0.4) is 0 Å². The van der Waals surface area contributed by atoms with Crippen LogP contribution in [0.25, 0.3) is 0 Å². The molecule has 0 unspecified atom stereocenters. The van der Waals surface area contributed by atoms with Crippen LogP contribution in [0.5, 0.6) is 5.75 Å². The Morgan fingerprint density at radius 2 is 2.06 bits per heavy atom. The first-order valence-corrected chi connectivity index (χ1v) is 6.50. The van der Waals surface area contributed by atoms with Gasteiger partial charge in [-0.2, -0.15) is 0 Å². The van der Waals surface area contributed by atoms with E-state index in [2.05, 4.69) is 17.4 Å². The molecular weight excluding hydrogens is 226 g/mol. The number of benzene rings is 1. The highest BCUT2D eigenvalue weighted by molar-refractivity contribution is 5.28. The molecule has 0 atom stereocenters. The number of aliphatic hydroxyl groups excluding tert-OH is 1. The summed E-state index contributed by atoms with van der Waals surface area (Å²) in [5, 5.41) is 12.5. The van der Waals surface area contributed by atoms with Crippen molar-refractivity contribution in [2.45, 2.75) is 40.3 Å². The molecule has 2 N–H and O–H groups in total. The summed E-state index contributed by atoms with van der Waals surface area (Å²) in [6, 6.07) is 8.11. The molecule has 0 aliphatic carbocycles. The van der Waals surface area contributed by atoms with E-state index in [-0.39, 0.29) is 18.1 Å².